The molecule has 0 amide bonds. The van der Waals surface area contributed by atoms with Crippen molar-refractivity contribution in [1.82, 2.24) is 0 Å². The fourth-order valence-electron chi connectivity index (χ4n) is 2.84. The maximum Gasteiger partial charge on any atom is 0.170 e. The molecule has 3 rings (SSSR count). The Morgan fingerprint density at radius 1 is 1.25 bits per heavy atom. The van der Waals surface area contributed by atoms with Crippen molar-refractivity contribution >= 4 is 17.4 Å². The van der Waals surface area contributed by atoms with Crippen molar-refractivity contribution < 1.29 is 9.53 Å². The minimum atomic E-state index is -0.0444. The van der Waals surface area contributed by atoms with Crippen LogP contribution in [0.5, 0.6) is 5.75 Å². The highest BCUT2D eigenvalue weighted by Gasteiger charge is 2.29. The van der Waals surface area contributed by atoms with Crippen LogP contribution >= 0.6 is 11.6 Å². The number of aryl methyl sites for hydroxylation is 1. The van der Waals surface area contributed by atoms with E-state index in [-0.39, 0.29) is 11.7 Å². The number of Topliss-reactive ketones (excluding diaryl/α,β-unsaturated/α-hetero) is 1. The summed E-state index contributed by atoms with van der Waals surface area (Å²) in [6.45, 7) is 0. The first kappa shape index (κ1) is 13.2. The van der Waals surface area contributed by atoms with Crippen LogP contribution < -0.4 is 4.74 Å². The lowest BCUT2D eigenvalue weighted by Crippen LogP contribution is -2.10. The molecule has 0 bridgehead atoms. The smallest absolute Gasteiger partial charge is 0.170 e. The van der Waals surface area contributed by atoms with E-state index in [1.54, 1.807) is 25.3 Å². The molecule has 1 atom stereocenters. The highest BCUT2D eigenvalue weighted by atomic mass is 35.5. The molecule has 20 heavy (non-hydrogen) atoms. The topological polar surface area (TPSA) is 26.3 Å². The Labute approximate surface area is 123 Å². The first-order valence-corrected chi connectivity index (χ1v) is 7.04. The van der Waals surface area contributed by atoms with Gasteiger partial charge in [0.25, 0.3) is 0 Å². The average Bonchev–Trinajstić information content (AvgIpc) is 2.91. The van der Waals surface area contributed by atoms with Crippen LogP contribution in [-0.4, -0.2) is 12.9 Å². The maximum atomic E-state index is 12.7. The first-order valence-electron chi connectivity index (χ1n) is 6.66. The molecule has 1 unspecified atom stereocenters. The fraction of sp³-hybridized carbons (Fsp3) is 0.235. The summed E-state index contributed by atoms with van der Waals surface area (Å²) < 4.78 is 5.18. The van der Waals surface area contributed by atoms with Gasteiger partial charge in [-0.15, -0.1) is 0 Å². The molecule has 0 aliphatic heterocycles. The van der Waals surface area contributed by atoms with Gasteiger partial charge in [-0.05, 0) is 42.2 Å². The van der Waals surface area contributed by atoms with Crippen LogP contribution in [0.25, 0.3) is 0 Å². The van der Waals surface area contributed by atoms with Crippen LogP contribution in [0, 0.1) is 0 Å². The standard InChI is InChI=1S/C17H15ClO2/c1-20-16-10-12(7-9-15(16)18)17(19)14-8-6-11-4-2-3-5-13(11)14/h2-5,7,9-10,14H,6,8H2,1H3. The van der Waals surface area contributed by atoms with Crippen molar-refractivity contribution in [2.24, 2.45) is 0 Å². The van der Waals surface area contributed by atoms with Gasteiger partial charge in [-0.1, -0.05) is 35.9 Å². The molecule has 0 N–H and O–H groups in total. The SMILES string of the molecule is COc1cc(C(=O)C2CCc3ccccc32)ccc1Cl. The monoisotopic (exact) mass is 286 g/mol. The molecule has 102 valence electrons. The number of ketones is 1. The molecule has 1 aliphatic carbocycles. The molecule has 0 spiro atoms. The lowest BCUT2D eigenvalue weighted by Gasteiger charge is -2.12. The normalized spacial score (nSPS) is 16.8. The molecular formula is C17H15ClO2. The van der Waals surface area contributed by atoms with Crippen molar-refractivity contribution in [3.63, 3.8) is 0 Å². The molecule has 0 heterocycles. The lowest BCUT2D eigenvalue weighted by molar-refractivity contribution is 0.0959. The van der Waals surface area contributed by atoms with Crippen molar-refractivity contribution in [3.8, 4) is 5.75 Å². The van der Waals surface area contributed by atoms with Crippen LogP contribution in [0.15, 0.2) is 42.5 Å². The van der Waals surface area contributed by atoms with E-state index in [4.69, 9.17) is 16.3 Å². The Bertz CT molecular complexity index is 664. The van der Waals surface area contributed by atoms with Gasteiger partial charge in [-0.2, -0.15) is 0 Å². The number of methoxy groups -OCH3 is 1. The second-order valence-electron chi connectivity index (χ2n) is 5.00. The van der Waals surface area contributed by atoms with Crippen molar-refractivity contribution in [3.05, 3.63) is 64.2 Å². The van der Waals surface area contributed by atoms with Gasteiger partial charge in [-0.3, -0.25) is 4.79 Å². The average molecular weight is 287 g/mol. The fourth-order valence-corrected chi connectivity index (χ4v) is 3.04. The van der Waals surface area contributed by atoms with Gasteiger partial charge < -0.3 is 4.74 Å². The molecule has 0 aromatic heterocycles. The van der Waals surface area contributed by atoms with Gasteiger partial charge in [0.1, 0.15) is 5.75 Å². The predicted octanol–water partition coefficient (Wildman–Crippen LogP) is 4.26. The van der Waals surface area contributed by atoms with Crippen molar-refractivity contribution in [2.45, 2.75) is 18.8 Å². The van der Waals surface area contributed by atoms with Gasteiger partial charge >= 0.3 is 0 Å². The highest BCUT2D eigenvalue weighted by molar-refractivity contribution is 6.32. The molecule has 2 nitrogen and oxygen atoms in total. The van der Waals surface area contributed by atoms with Gasteiger partial charge in [-0.25, -0.2) is 0 Å². The van der Waals surface area contributed by atoms with E-state index in [1.807, 2.05) is 12.1 Å². The molecule has 0 saturated carbocycles. The quantitative estimate of drug-likeness (QED) is 0.788. The van der Waals surface area contributed by atoms with E-state index < -0.39 is 0 Å². The number of halogens is 1. The van der Waals surface area contributed by atoms with E-state index in [0.717, 1.165) is 18.4 Å². The Kier molecular flexibility index (Phi) is 3.49. The molecule has 0 saturated heterocycles. The van der Waals surface area contributed by atoms with E-state index in [0.29, 0.717) is 16.3 Å². The molecule has 2 aromatic carbocycles. The number of rotatable bonds is 3. The largest absolute Gasteiger partial charge is 0.495 e. The van der Waals surface area contributed by atoms with E-state index in [2.05, 4.69) is 12.1 Å². The number of fused-ring (bicyclic) bond motifs is 1. The third kappa shape index (κ3) is 2.20. The van der Waals surface area contributed by atoms with E-state index >= 15 is 0 Å². The number of carbonyl (C=O) groups excluding carboxylic acids is 1. The molecule has 3 heteroatoms. The Morgan fingerprint density at radius 3 is 2.85 bits per heavy atom. The van der Waals surface area contributed by atoms with E-state index in [1.165, 1.54) is 5.56 Å². The third-order valence-corrected chi connectivity index (χ3v) is 4.20. The van der Waals surface area contributed by atoms with Crippen LogP contribution in [0.1, 0.15) is 33.8 Å². The summed E-state index contributed by atoms with van der Waals surface area (Å²) in [7, 11) is 1.56. The minimum Gasteiger partial charge on any atom is -0.495 e. The first-order chi connectivity index (χ1) is 9.70. The molecule has 1 aliphatic rings. The number of ether oxygens (including phenoxy) is 1. The molecule has 2 aromatic rings. The summed E-state index contributed by atoms with van der Waals surface area (Å²) in [5, 5.41) is 0.524. The Hall–Kier alpha value is -1.80. The van der Waals surface area contributed by atoms with Crippen molar-refractivity contribution in [2.75, 3.05) is 7.11 Å². The number of benzene rings is 2. The van der Waals surface area contributed by atoms with E-state index in [9.17, 15) is 4.79 Å². The number of carbonyl (C=O) groups is 1. The third-order valence-electron chi connectivity index (χ3n) is 3.88. The number of hydrogen-bond donors (Lipinski definition) is 0. The van der Waals surface area contributed by atoms with Crippen LogP contribution in [0.4, 0.5) is 0 Å². The Balaban J connectivity index is 1.94. The summed E-state index contributed by atoms with van der Waals surface area (Å²) in [6, 6.07) is 13.4. The van der Waals surface area contributed by atoms with Crippen LogP contribution in [0.2, 0.25) is 5.02 Å². The lowest BCUT2D eigenvalue weighted by atomic mass is 9.92. The second-order valence-corrected chi connectivity index (χ2v) is 5.41. The van der Waals surface area contributed by atoms with Gasteiger partial charge in [0.2, 0.25) is 0 Å². The summed E-state index contributed by atoms with van der Waals surface area (Å²) >= 11 is 6.01. The second kappa shape index (κ2) is 5.29. The summed E-state index contributed by atoms with van der Waals surface area (Å²) in [5.74, 6) is 0.644. The zero-order chi connectivity index (χ0) is 14.1. The highest BCUT2D eigenvalue weighted by Crippen LogP contribution is 2.36. The molecule has 0 fully saturated rings. The summed E-state index contributed by atoms with van der Waals surface area (Å²) in [4.78, 5) is 12.7. The molecular weight excluding hydrogens is 272 g/mol. The zero-order valence-corrected chi connectivity index (χ0v) is 12.0. The zero-order valence-electron chi connectivity index (χ0n) is 11.2. The van der Waals surface area contributed by atoms with Crippen LogP contribution in [-0.2, 0) is 6.42 Å². The summed E-state index contributed by atoms with van der Waals surface area (Å²) in [5.41, 5.74) is 3.10. The van der Waals surface area contributed by atoms with Gasteiger partial charge in [0, 0.05) is 11.5 Å². The minimum absolute atomic E-state index is 0.0444. The number of hydrogen-bond acceptors (Lipinski definition) is 2. The Morgan fingerprint density at radius 2 is 2.05 bits per heavy atom. The summed E-state index contributed by atoms with van der Waals surface area (Å²) in [6.07, 6.45) is 1.85. The van der Waals surface area contributed by atoms with Gasteiger partial charge in [0.05, 0.1) is 12.1 Å². The van der Waals surface area contributed by atoms with Gasteiger partial charge in [0.15, 0.2) is 5.78 Å². The predicted molar refractivity (Wildman–Crippen MR) is 79.8 cm³/mol. The van der Waals surface area contributed by atoms with Crippen molar-refractivity contribution in [1.29, 1.82) is 0 Å². The maximum absolute atomic E-state index is 12.7. The van der Waals surface area contributed by atoms with Crippen LogP contribution in [0.3, 0.4) is 0 Å². The molecule has 0 radical (unpaired) electrons.